The minimum Gasteiger partial charge on any atom is -0.302 e. The van der Waals surface area contributed by atoms with Crippen LogP contribution in [0.2, 0.25) is 0 Å². The molecule has 0 radical (unpaired) electrons. The maximum Gasteiger partial charge on any atom is 0.0402 e. The number of hydrogen-bond acceptors (Lipinski definition) is 3. The summed E-state index contributed by atoms with van der Waals surface area (Å²) in [6.07, 6.45) is 1.20. The lowest BCUT2D eigenvalue weighted by molar-refractivity contribution is 0.453. The summed E-state index contributed by atoms with van der Waals surface area (Å²) in [6, 6.07) is 11.8. The molecule has 0 aliphatic carbocycles. The van der Waals surface area contributed by atoms with E-state index in [2.05, 4.69) is 63.9 Å². The van der Waals surface area contributed by atoms with Crippen molar-refractivity contribution in [2.24, 2.45) is 0 Å². The van der Waals surface area contributed by atoms with Crippen molar-refractivity contribution >= 4 is 39.0 Å². The monoisotopic (exact) mass is 353 g/mol. The third kappa shape index (κ3) is 2.92. The average molecular weight is 354 g/mol. The van der Waals surface area contributed by atoms with Crippen LogP contribution in [0.4, 0.5) is 0 Å². The molecule has 0 bridgehead atoms. The molecule has 0 fully saturated rings. The largest absolute Gasteiger partial charge is 0.302 e. The molecule has 0 spiro atoms. The minimum absolute atomic E-state index is 0.385. The highest BCUT2D eigenvalue weighted by atomic mass is 79.9. The van der Waals surface area contributed by atoms with Gasteiger partial charge in [-0.15, -0.1) is 23.1 Å². The highest BCUT2D eigenvalue weighted by Crippen LogP contribution is 2.38. The summed E-state index contributed by atoms with van der Waals surface area (Å²) in [7, 11) is 0. The topological polar surface area (TPSA) is 12.0 Å². The van der Waals surface area contributed by atoms with Crippen molar-refractivity contribution in [2.45, 2.75) is 30.3 Å². The van der Waals surface area contributed by atoms with Gasteiger partial charge in [-0.05, 0) is 58.1 Å². The van der Waals surface area contributed by atoms with Gasteiger partial charge in [-0.25, -0.2) is 0 Å². The lowest BCUT2D eigenvalue weighted by atomic mass is 10.0. The molecule has 1 aromatic carbocycles. The van der Waals surface area contributed by atoms with Gasteiger partial charge in [0.05, 0.1) is 0 Å². The van der Waals surface area contributed by atoms with Crippen molar-refractivity contribution in [3.05, 3.63) is 50.6 Å². The number of nitrogens with one attached hydrogen (secondary N) is 1. The highest BCUT2D eigenvalue weighted by Gasteiger charge is 2.22. The molecule has 19 heavy (non-hydrogen) atoms. The standard InChI is InChI=1S/C15H16BrNS2/c1-10(15-12(16)6-8-19-15)17-13-7-9-18-14-5-3-2-4-11(13)14/h2-6,8,10,13,17H,7,9H2,1H3. The molecule has 2 heterocycles. The zero-order valence-electron chi connectivity index (χ0n) is 10.7. The molecule has 4 heteroatoms. The summed E-state index contributed by atoms with van der Waals surface area (Å²) < 4.78 is 1.22. The Bertz CT molecular complexity index is 567. The zero-order valence-corrected chi connectivity index (χ0v) is 13.9. The van der Waals surface area contributed by atoms with E-state index in [1.807, 2.05) is 23.1 Å². The lowest BCUT2D eigenvalue weighted by Crippen LogP contribution is -2.27. The molecular formula is C15H16BrNS2. The van der Waals surface area contributed by atoms with Crippen molar-refractivity contribution in [3.63, 3.8) is 0 Å². The predicted molar refractivity (Wildman–Crippen MR) is 88.1 cm³/mol. The molecule has 2 aromatic rings. The smallest absolute Gasteiger partial charge is 0.0402 e. The first kappa shape index (κ1) is 13.7. The Hall–Kier alpha value is -0.290. The molecule has 0 saturated heterocycles. The zero-order chi connectivity index (χ0) is 13.2. The quantitative estimate of drug-likeness (QED) is 0.792. The van der Waals surface area contributed by atoms with Gasteiger partial charge in [-0.2, -0.15) is 0 Å². The number of rotatable bonds is 3. The van der Waals surface area contributed by atoms with Crippen LogP contribution in [0, 0.1) is 0 Å². The van der Waals surface area contributed by atoms with Crippen LogP contribution < -0.4 is 5.32 Å². The number of thiophene rings is 1. The van der Waals surface area contributed by atoms with E-state index in [1.54, 1.807) is 0 Å². The molecular weight excluding hydrogens is 338 g/mol. The minimum atomic E-state index is 0.385. The van der Waals surface area contributed by atoms with Gasteiger partial charge in [0.25, 0.3) is 0 Å². The average Bonchev–Trinajstić information content (AvgIpc) is 2.85. The summed E-state index contributed by atoms with van der Waals surface area (Å²) in [5.41, 5.74) is 1.46. The van der Waals surface area contributed by atoms with Gasteiger partial charge in [-0.3, -0.25) is 0 Å². The van der Waals surface area contributed by atoms with Crippen molar-refractivity contribution < 1.29 is 0 Å². The molecule has 1 aliphatic rings. The molecule has 0 amide bonds. The van der Waals surface area contributed by atoms with Gasteiger partial charge in [-0.1, -0.05) is 18.2 Å². The number of hydrogen-bond donors (Lipinski definition) is 1. The Balaban J connectivity index is 1.80. The third-order valence-electron chi connectivity index (χ3n) is 3.45. The molecule has 2 atom stereocenters. The second-order valence-corrected chi connectivity index (χ2v) is 7.69. The highest BCUT2D eigenvalue weighted by molar-refractivity contribution is 9.10. The van der Waals surface area contributed by atoms with E-state index < -0.39 is 0 Å². The van der Waals surface area contributed by atoms with Gasteiger partial charge in [0, 0.05) is 26.3 Å². The van der Waals surface area contributed by atoms with Gasteiger partial charge in [0.1, 0.15) is 0 Å². The fourth-order valence-corrected chi connectivity index (χ4v) is 5.37. The summed E-state index contributed by atoms with van der Waals surface area (Å²) >= 11 is 7.42. The van der Waals surface area contributed by atoms with Crippen LogP contribution in [-0.4, -0.2) is 5.75 Å². The van der Waals surface area contributed by atoms with Crippen LogP contribution in [0.5, 0.6) is 0 Å². The molecule has 3 rings (SSSR count). The maximum atomic E-state index is 3.79. The fraction of sp³-hybridized carbons (Fsp3) is 0.333. The Labute approximate surface area is 130 Å². The first-order chi connectivity index (χ1) is 9.25. The summed E-state index contributed by atoms with van der Waals surface area (Å²) in [6.45, 7) is 2.25. The maximum absolute atomic E-state index is 3.79. The number of halogens is 1. The molecule has 1 nitrogen and oxygen atoms in total. The number of fused-ring (bicyclic) bond motifs is 1. The van der Waals surface area contributed by atoms with Gasteiger partial charge >= 0.3 is 0 Å². The van der Waals surface area contributed by atoms with E-state index >= 15 is 0 Å². The molecule has 2 unspecified atom stereocenters. The van der Waals surface area contributed by atoms with Crippen molar-refractivity contribution in [1.29, 1.82) is 0 Å². The Morgan fingerprint density at radius 2 is 2.16 bits per heavy atom. The molecule has 100 valence electrons. The van der Waals surface area contributed by atoms with Gasteiger partial charge in [0.2, 0.25) is 0 Å². The molecule has 1 aliphatic heterocycles. The van der Waals surface area contributed by atoms with Crippen LogP contribution in [0.1, 0.15) is 35.9 Å². The SMILES string of the molecule is CC(NC1CCSc2ccccc21)c1sccc1Br. The Morgan fingerprint density at radius 1 is 1.32 bits per heavy atom. The van der Waals surface area contributed by atoms with E-state index in [0.29, 0.717) is 12.1 Å². The summed E-state index contributed by atoms with van der Waals surface area (Å²) in [5.74, 6) is 1.20. The predicted octanol–water partition coefficient (Wildman–Crippen LogP) is 5.40. The van der Waals surface area contributed by atoms with Crippen molar-refractivity contribution in [2.75, 3.05) is 5.75 Å². The molecule has 0 saturated carbocycles. The molecule has 1 N–H and O–H groups in total. The number of thioether (sulfide) groups is 1. The first-order valence-corrected chi connectivity index (χ1v) is 9.12. The Kier molecular flexibility index (Phi) is 4.32. The van der Waals surface area contributed by atoms with Crippen molar-refractivity contribution in [3.8, 4) is 0 Å². The van der Waals surface area contributed by atoms with Crippen LogP contribution in [-0.2, 0) is 0 Å². The van der Waals surface area contributed by atoms with Crippen LogP contribution in [0.25, 0.3) is 0 Å². The lowest BCUT2D eigenvalue weighted by Gasteiger charge is -2.28. The normalized spacial score (nSPS) is 20.0. The van der Waals surface area contributed by atoms with Gasteiger partial charge < -0.3 is 5.32 Å². The summed E-state index contributed by atoms with van der Waals surface area (Å²) in [4.78, 5) is 2.82. The van der Waals surface area contributed by atoms with Crippen molar-refractivity contribution in [1.82, 2.24) is 5.32 Å². The van der Waals surface area contributed by atoms with Crippen LogP contribution >= 0.6 is 39.0 Å². The van der Waals surface area contributed by atoms with Gasteiger partial charge in [0.15, 0.2) is 0 Å². The first-order valence-electron chi connectivity index (χ1n) is 6.46. The van der Waals surface area contributed by atoms with Crippen LogP contribution in [0.3, 0.4) is 0 Å². The second-order valence-electron chi connectivity index (χ2n) is 4.75. The molecule has 1 aromatic heterocycles. The van der Waals surface area contributed by atoms with Crippen LogP contribution in [0.15, 0.2) is 45.1 Å². The Morgan fingerprint density at radius 3 is 2.95 bits per heavy atom. The van der Waals surface area contributed by atoms with E-state index in [1.165, 1.54) is 32.0 Å². The summed E-state index contributed by atoms with van der Waals surface area (Å²) in [5, 5.41) is 5.93. The number of benzene rings is 1. The second kappa shape index (κ2) is 6.00. The van der Waals surface area contributed by atoms with E-state index in [-0.39, 0.29) is 0 Å². The van der Waals surface area contributed by atoms with E-state index in [9.17, 15) is 0 Å². The fourth-order valence-electron chi connectivity index (χ4n) is 2.51. The van der Waals surface area contributed by atoms with E-state index in [0.717, 1.165) is 0 Å². The van der Waals surface area contributed by atoms with E-state index in [4.69, 9.17) is 0 Å². The third-order valence-corrected chi connectivity index (χ3v) is 6.62.